The van der Waals surface area contributed by atoms with Gasteiger partial charge in [-0.1, -0.05) is 54.1 Å². The Morgan fingerprint density at radius 1 is 0.917 bits per heavy atom. The van der Waals surface area contributed by atoms with E-state index in [2.05, 4.69) is 14.9 Å². The van der Waals surface area contributed by atoms with Crippen LogP contribution in [0.15, 0.2) is 108 Å². The second-order valence-electron chi connectivity index (χ2n) is 11.1. The molecule has 2 N–H and O–H groups in total. The molecule has 10 nitrogen and oxygen atoms in total. The van der Waals surface area contributed by atoms with Gasteiger partial charge < -0.3 is 19.7 Å². The largest absolute Gasteiger partial charge is 0.484 e. The Morgan fingerprint density at radius 3 is 2.25 bits per heavy atom. The number of benzene rings is 4. The lowest BCUT2D eigenvalue weighted by Gasteiger charge is -2.32. The fraction of sp³-hybridized carbons (Fsp3) is 0.257. The van der Waals surface area contributed by atoms with Gasteiger partial charge in [0.25, 0.3) is 15.9 Å². The van der Waals surface area contributed by atoms with E-state index in [9.17, 15) is 22.4 Å². The molecule has 1 atom stereocenters. The molecule has 252 valence electrons. The monoisotopic (exact) mass is 694 g/mol. The molecule has 2 amide bonds. The van der Waals surface area contributed by atoms with Crippen LogP contribution in [0.1, 0.15) is 17.2 Å². The number of anilines is 1. The van der Waals surface area contributed by atoms with Crippen molar-refractivity contribution in [1.29, 1.82) is 0 Å². The molecule has 5 rings (SSSR count). The van der Waals surface area contributed by atoms with Gasteiger partial charge >= 0.3 is 0 Å². The van der Waals surface area contributed by atoms with E-state index in [1.54, 1.807) is 36.4 Å². The fourth-order valence-corrected chi connectivity index (χ4v) is 6.34. The van der Waals surface area contributed by atoms with Gasteiger partial charge in [0.2, 0.25) is 5.91 Å². The van der Waals surface area contributed by atoms with Crippen molar-refractivity contribution >= 4 is 39.1 Å². The average Bonchev–Trinajstić information content (AvgIpc) is 3.10. The van der Waals surface area contributed by atoms with Gasteiger partial charge in [0.05, 0.1) is 18.1 Å². The lowest BCUT2D eigenvalue weighted by atomic mass is 10.0. The maximum atomic E-state index is 13.9. The number of ether oxygens (including phenoxy) is 2. The summed E-state index contributed by atoms with van der Waals surface area (Å²) in [6, 6.07) is 25.6. The Kier molecular flexibility index (Phi) is 12.0. The van der Waals surface area contributed by atoms with Gasteiger partial charge in [0.1, 0.15) is 17.6 Å². The summed E-state index contributed by atoms with van der Waals surface area (Å²) in [5, 5.41) is 3.55. The molecule has 1 saturated heterocycles. The Labute approximate surface area is 284 Å². The molecule has 0 spiro atoms. The number of hydrogen-bond donors (Lipinski definition) is 2. The number of nitrogens with one attached hydrogen (secondary N) is 2. The van der Waals surface area contributed by atoms with Gasteiger partial charge in [-0.15, -0.1) is 0 Å². The Hall–Kier alpha value is -4.49. The summed E-state index contributed by atoms with van der Waals surface area (Å²) < 4.78 is 52.5. The summed E-state index contributed by atoms with van der Waals surface area (Å²) in [4.78, 5) is 31.4. The number of rotatable bonds is 14. The summed E-state index contributed by atoms with van der Waals surface area (Å²) in [7, 11) is -3.96. The zero-order chi connectivity index (χ0) is 33.9. The highest BCUT2D eigenvalue weighted by Gasteiger charge is 2.32. The third kappa shape index (κ3) is 9.77. The molecule has 1 aliphatic rings. The van der Waals surface area contributed by atoms with Crippen molar-refractivity contribution in [3.63, 3.8) is 0 Å². The van der Waals surface area contributed by atoms with Crippen LogP contribution in [0.3, 0.4) is 0 Å². The van der Waals surface area contributed by atoms with Crippen LogP contribution in [0.4, 0.5) is 10.1 Å². The van der Waals surface area contributed by atoms with E-state index >= 15 is 0 Å². The molecule has 4 aromatic carbocycles. The quantitative estimate of drug-likeness (QED) is 0.193. The molecule has 4 aromatic rings. The average molecular weight is 695 g/mol. The number of carbonyl (C=O) groups is 2. The highest BCUT2D eigenvalue weighted by molar-refractivity contribution is 7.92. The minimum atomic E-state index is -3.96. The summed E-state index contributed by atoms with van der Waals surface area (Å²) in [5.41, 5.74) is 1.60. The highest BCUT2D eigenvalue weighted by atomic mass is 35.5. The number of amides is 2. The summed E-state index contributed by atoms with van der Waals surface area (Å²) in [6.45, 7) is 3.59. The highest BCUT2D eigenvalue weighted by Crippen LogP contribution is 2.26. The van der Waals surface area contributed by atoms with Crippen molar-refractivity contribution < 1.29 is 31.9 Å². The molecule has 1 aliphatic heterocycles. The van der Waals surface area contributed by atoms with Gasteiger partial charge in [0, 0.05) is 43.4 Å². The maximum absolute atomic E-state index is 13.9. The van der Waals surface area contributed by atoms with Gasteiger partial charge in [0.15, 0.2) is 6.61 Å². The summed E-state index contributed by atoms with van der Waals surface area (Å²) in [5.74, 6) is -1.03. The first-order valence-corrected chi connectivity index (χ1v) is 17.2. The maximum Gasteiger partial charge on any atom is 0.261 e. The molecular formula is C35H36ClFN4O6S. The van der Waals surface area contributed by atoms with E-state index < -0.39 is 34.4 Å². The second kappa shape index (κ2) is 16.6. The molecule has 0 radical (unpaired) electrons. The molecule has 0 bridgehead atoms. The zero-order valence-electron chi connectivity index (χ0n) is 26.1. The number of carbonyl (C=O) groups excluding carboxylic acids is 2. The van der Waals surface area contributed by atoms with Crippen molar-refractivity contribution in [3.05, 3.63) is 125 Å². The Morgan fingerprint density at radius 2 is 1.58 bits per heavy atom. The number of morpholine rings is 1. The molecule has 48 heavy (non-hydrogen) atoms. The first kappa shape index (κ1) is 34.8. The van der Waals surface area contributed by atoms with E-state index in [0.29, 0.717) is 36.9 Å². The van der Waals surface area contributed by atoms with E-state index in [4.69, 9.17) is 21.1 Å². The molecule has 1 unspecified atom stereocenters. The minimum Gasteiger partial charge on any atom is -0.484 e. The molecule has 0 aromatic heterocycles. The zero-order valence-corrected chi connectivity index (χ0v) is 27.6. The third-order valence-electron chi connectivity index (χ3n) is 7.69. The smallest absolute Gasteiger partial charge is 0.261 e. The van der Waals surface area contributed by atoms with Crippen LogP contribution >= 0.6 is 11.6 Å². The summed E-state index contributed by atoms with van der Waals surface area (Å²) in [6.07, 6.45) is 0. The fourth-order valence-electron chi connectivity index (χ4n) is 5.15. The van der Waals surface area contributed by atoms with E-state index in [1.165, 1.54) is 41.3 Å². The standard InChI is InChI=1S/C35H36ClFN4O6S/c36-28-8-6-26(7-9-28)24-41(34(27-4-2-1-3-5-27)35(43)38-18-19-40-20-22-46-23-21-40)33(42)25-47-31-14-16-32(17-15-31)48(44,45)39-30-12-10-29(37)11-13-30/h1-17,34,39H,18-25H2,(H,38,43). The van der Waals surface area contributed by atoms with Crippen molar-refractivity contribution in [3.8, 4) is 5.75 Å². The van der Waals surface area contributed by atoms with Gasteiger partial charge in [-0.2, -0.15) is 0 Å². The van der Waals surface area contributed by atoms with Crippen LogP contribution in [0, 0.1) is 5.82 Å². The van der Waals surface area contributed by atoms with Crippen LogP contribution in [0.5, 0.6) is 5.75 Å². The van der Waals surface area contributed by atoms with Crippen molar-refractivity contribution in [2.45, 2.75) is 17.5 Å². The van der Waals surface area contributed by atoms with Gasteiger partial charge in [-0.3, -0.25) is 19.2 Å². The van der Waals surface area contributed by atoms with E-state index in [-0.39, 0.29) is 28.8 Å². The van der Waals surface area contributed by atoms with Crippen LogP contribution in [0.2, 0.25) is 5.02 Å². The molecular weight excluding hydrogens is 659 g/mol. The summed E-state index contributed by atoms with van der Waals surface area (Å²) >= 11 is 6.11. The number of sulfonamides is 1. The lowest BCUT2D eigenvalue weighted by Crippen LogP contribution is -2.47. The number of hydrogen-bond acceptors (Lipinski definition) is 7. The predicted molar refractivity (Wildman–Crippen MR) is 181 cm³/mol. The van der Waals surface area contributed by atoms with Gasteiger partial charge in [-0.05, 0) is 71.8 Å². The Bertz CT molecular complexity index is 1760. The van der Waals surface area contributed by atoms with E-state index in [1.807, 2.05) is 18.2 Å². The van der Waals surface area contributed by atoms with Crippen molar-refractivity contribution in [2.75, 3.05) is 50.7 Å². The minimum absolute atomic E-state index is 0.0484. The first-order valence-electron chi connectivity index (χ1n) is 15.4. The van der Waals surface area contributed by atoms with Gasteiger partial charge in [-0.25, -0.2) is 12.8 Å². The lowest BCUT2D eigenvalue weighted by molar-refractivity contribution is -0.143. The van der Waals surface area contributed by atoms with Crippen molar-refractivity contribution in [2.24, 2.45) is 0 Å². The van der Waals surface area contributed by atoms with Crippen LogP contribution in [-0.4, -0.2) is 76.0 Å². The molecule has 1 fully saturated rings. The van der Waals surface area contributed by atoms with Crippen LogP contribution in [0.25, 0.3) is 0 Å². The topological polar surface area (TPSA) is 117 Å². The third-order valence-corrected chi connectivity index (χ3v) is 9.33. The van der Waals surface area contributed by atoms with Crippen LogP contribution in [-0.2, 0) is 30.9 Å². The SMILES string of the molecule is O=C(NCCN1CCOCC1)C(c1ccccc1)N(Cc1ccc(Cl)cc1)C(=O)COc1ccc(S(=O)(=O)Nc2ccc(F)cc2)cc1. The number of halogens is 2. The normalized spacial score (nSPS) is 14.1. The van der Waals surface area contributed by atoms with Crippen molar-refractivity contribution in [1.82, 2.24) is 15.1 Å². The second-order valence-corrected chi connectivity index (χ2v) is 13.2. The molecule has 0 saturated carbocycles. The molecule has 0 aliphatic carbocycles. The van der Waals surface area contributed by atoms with E-state index in [0.717, 1.165) is 30.8 Å². The predicted octanol–water partition coefficient (Wildman–Crippen LogP) is 4.88. The Balaban J connectivity index is 1.31. The first-order chi connectivity index (χ1) is 23.2. The van der Waals surface area contributed by atoms with Crippen LogP contribution < -0.4 is 14.8 Å². The molecule has 1 heterocycles. The molecule has 13 heteroatoms. The number of nitrogens with zero attached hydrogens (tertiary/aromatic N) is 2.